The molecule has 1 amide bonds. The van der Waals surface area contributed by atoms with E-state index in [1.54, 1.807) is 17.7 Å². The summed E-state index contributed by atoms with van der Waals surface area (Å²) in [6.45, 7) is 11.1. The lowest BCUT2D eigenvalue weighted by Gasteiger charge is -2.40. The van der Waals surface area contributed by atoms with Crippen molar-refractivity contribution >= 4 is 17.3 Å². The van der Waals surface area contributed by atoms with Crippen LogP contribution in [0.25, 0.3) is 5.52 Å². The van der Waals surface area contributed by atoms with E-state index >= 15 is 0 Å². The molecule has 190 valence electrons. The first-order valence-corrected chi connectivity index (χ1v) is 13.0. The zero-order valence-corrected chi connectivity index (χ0v) is 21.1. The number of nitrogens with zero attached hydrogens (tertiary/aromatic N) is 6. The summed E-state index contributed by atoms with van der Waals surface area (Å²) in [5.74, 6) is -0.214. The molecule has 2 bridgehead atoms. The number of fused-ring (bicyclic) bond motifs is 3. The minimum atomic E-state index is -0.380. The van der Waals surface area contributed by atoms with Crippen LogP contribution < -0.4 is 10.7 Å². The van der Waals surface area contributed by atoms with Crippen molar-refractivity contribution in [2.45, 2.75) is 70.6 Å². The highest BCUT2D eigenvalue weighted by Gasteiger charge is 2.40. The molecule has 3 aliphatic rings. The highest BCUT2D eigenvalue weighted by molar-refractivity contribution is 5.91. The lowest BCUT2D eigenvalue weighted by molar-refractivity contribution is -0.213. The van der Waals surface area contributed by atoms with Crippen molar-refractivity contribution in [1.29, 1.82) is 0 Å². The first kappa shape index (κ1) is 24.1. The predicted octanol–water partition coefficient (Wildman–Crippen LogP) is 0.948. The second-order valence-corrected chi connectivity index (χ2v) is 10.6. The van der Waals surface area contributed by atoms with E-state index in [-0.39, 0.29) is 35.0 Å². The molecule has 0 N–H and O–H groups in total. The fraction of sp³-hybridized carbons (Fsp3) is 0.654. The molecule has 5 rings (SSSR count). The van der Waals surface area contributed by atoms with E-state index in [1.807, 2.05) is 41.6 Å². The maximum atomic E-state index is 13.2. The van der Waals surface area contributed by atoms with Crippen molar-refractivity contribution in [3.63, 3.8) is 0 Å². The van der Waals surface area contributed by atoms with E-state index in [0.29, 0.717) is 12.1 Å². The molecule has 35 heavy (non-hydrogen) atoms. The number of hydrogen-bond acceptors (Lipinski definition) is 6. The van der Waals surface area contributed by atoms with Gasteiger partial charge >= 0.3 is 0 Å². The zero-order valence-electron chi connectivity index (χ0n) is 21.1. The molecule has 2 atom stereocenters. The van der Waals surface area contributed by atoms with Crippen molar-refractivity contribution in [2.24, 2.45) is 4.99 Å². The number of piperazine rings is 1. The van der Waals surface area contributed by atoms with Crippen LogP contribution >= 0.6 is 0 Å². The summed E-state index contributed by atoms with van der Waals surface area (Å²) in [7, 11) is 0. The van der Waals surface area contributed by atoms with E-state index in [2.05, 4.69) is 14.8 Å². The number of amides is 1. The van der Waals surface area contributed by atoms with Crippen LogP contribution in [0.15, 0.2) is 34.2 Å². The molecule has 3 aliphatic heterocycles. The Labute approximate surface area is 206 Å². The highest BCUT2D eigenvalue weighted by Crippen LogP contribution is 2.36. The van der Waals surface area contributed by atoms with Gasteiger partial charge in [0.25, 0.3) is 5.56 Å². The number of aromatic nitrogens is 2. The molecule has 2 unspecified atom stereocenters. The summed E-state index contributed by atoms with van der Waals surface area (Å²) >= 11 is 0. The van der Waals surface area contributed by atoms with Gasteiger partial charge in [-0.25, -0.2) is 4.68 Å². The number of aliphatic imine (C=N–C) groups is 1. The molecule has 5 heterocycles. The van der Waals surface area contributed by atoms with Gasteiger partial charge in [0.2, 0.25) is 5.91 Å². The Bertz CT molecular complexity index is 1150. The third-order valence-electron chi connectivity index (χ3n) is 8.09. The van der Waals surface area contributed by atoms with Gasteiger partial charge in [-0.2, -0.15) is 0 Å². The molecule has 0 aromatic carbocycles. The van der Waals surface area contributed by atoms with Crippen molar-refractivity contribution in [3.8, 4) is 0 Å². The Hall–Kier alpha value is -2.65. The van der Waals surface area contributed by atoms with Crippen LogP contribution in [0.4, 0.5) is 0 Å². The summed E-state index contributed by atoms with van der Waals surface area (Å²) in [6.07, 6.45) is 5.91. The molecule has 0 saturated carbocycles. The summed E-state index contributed by atoms with van der Waals surface area (Å²) in [6, 6.07) is 6.30. The van der Waals surface area contributed by atoms with Crippen LogP contribution in [0.5, 0.6) is 0 Å². The van der Waals surface area contributed by atoms with E-state index in [4.69, 9.17) is 0 Å². The van der Waals surface area contributed by atoms with E-state index in [0.717, 1.165) is 70.5 Å². The van der Waals surface area contributed by atoms with Crippen LogP contribution in [0.1, 0.15) is 58.1 Å². The van der Waals surface area contributed by atoms with E-state index in [9.17, 15) is 14.7 Å². The molecule has 0 spiro atoms. The average molecular weight is 482 g/mol. The van der Waals surface area contributed by atoms with E-state index < -0.39 is 0 Å². The van der Waals surface area contributed by atoms with Crippen LogP contribution in [0.2, 0.25) is 0 Å². The normalized spacial score (nSPS) is 26.2. The number of carbonyl (C=O) groups excluding carboxylic acids is 1. The Morgan fingerprint density at radius 2 is 1.80 bits per heavy atom. The first-order valence-electron chi connectivity index (χ1n) is 13.0. The van der Waals surface area contributed by atoms with Gasteiger partial charge in [0.1, 0.15) is 0 Å². The van der Waals surface area contributed by atoms with Gasteiger partial charge in [-0.05, 0) is 63.6 Å². The van der Waals surface area contributed by atoms with Gasteiger partial charge in [0.05, 0.1) is 17.1 Å². The maximum Gasteiger partial charge on any atom is 0.273 e. The van der Waals surface area contributed by atoms with Crippen LogP contribution in [-0.2, 0) is 4.79 Å². The second kappa shape index (κ2) is 9.78. The van der Waals surface area contributed by atoms with Gasteiger partial charge in [0.15, 0.2) is 0 Å². The van der Waals surface area contributed by atoms with Crippen molar-refractivity contribution in [3.05, 3.63) is 40.3 Å². The van der Waals surface area contributed by atoms with Gasteiger partial charge in [-0.15, -0.1) is 0 Å². The molecule has 3 fully saturated rings. The number of rotatable bonds is 6. The zero-order chi connectivity index (χ0) is 24.7. The molecule has 9 nitrogen and oxygen atoms in total. The van der Waals surface area contributed by atoms with Crippen molar-refractivity contribution < 1.29 is 9.90 Å². The SMILES string of the molecule is CC(=O)N1CCN(CCN2C3CCC2CC(N=C([O-])c2cc4cccn4n(C(C)C)c2=O)C3)CC1. The fourth-order valence-corrected chi connectivity index (χ4v) is 6.26. The lowest BCUT2D eigenvalue weighted by atomic mass is 9.97. The molecule has 3 saturated heterocycles. The molecule has 2 aromatic rings. The summed E-state index contributed by atoms with van der Waals surface area (Å²) in [5.41, 5.74) is 0.725. The first-order chi connectivity index (χ1) is 16.8. The molecule has 9 heteroatoms. The largest absolute Gasteiger partial charge is 0.858 e. The maximum absolute atomic E-state index is 13.2. The highest BCUT2D eigenvalue weighted by atomic mass is 16.3. The van der Waals surface area contributed by atoms with Gasteiger partial charge in [-0.3, -0.25) is 28.9 Å². The molecule has 0 radical (unpaired) electrons. The second-order valence-electron chi connectivity index (χ2n) is 10.6. The summed E-state index contributed by atoms with van der Waals surface area (Å²) in [5, 5.41) is 13.2. The minimum Gasteiger partial charge on any atom is -0.858 e. The molecule has 2 aromatic heterocycles. The van der Waals surface area contributed by atoms with Gasteiger partial charge in [0, 0.05) is 70.5 Å². The smallest absolute Gasteiger partial charge is 0.273 e. The lowest BCUT2D eigenvalue weighted by Crippen LogP contribution is -2.52. The number of piperidine rings is 1. The van der Waals surface area contributed by atoms with Crippen LogP contribution in [-0.4, -0.2) is 93.1 Å². The van der Waals surface area contributed by atoms with Crippen molar-refractivity contribution in [1.82, 2.24) is 23.9 Å². The quantitative estimate of drug-likeness (QED) is 0.453. The Morgan fingerprint density at radius 3 is 2.43 bits per heavy atom. The summed E-state index contributed by atoms with van der Waals surface area (Å²) < 4.78 is 3.43. The van der Waals surface area contributed by atoms with Gasteiger partial charge in [-0.1, -0.05) is 0 Å². The van der Waals surface area contributed by atoms with Crippen LogP contribution in [0.3, 0.4) is 0 Å². The van der Waals surface area contributed by atoms with Gasteiger partial charge < -0.3 is 10.0 Å². The monoisotopic (exact) mass is 481 g/mol. The molecular weight excluding hydrogens is 444 g/mol. The van der Waals surface area contributed by atoms with Crippen molar-refractivity contribution in [2.75, 3.05) is 39.3 Å². The molecular formula is C26H37N6O3-. The Balaban J connectivity index is 1.24. The fourth-order valence-electron chi connectivity index (χ4n) is 6.26. The third kappa shape index (κ3) is 4.76. The standard InChI is InChI=1S/C26H38N6O3/c1-18(2)32-26(35)24(17-23-5-4-8-31(23)32)25(34)27-20-15-21-6-7-22(16-20)30(21)14-11-28-9-12-29(13-10-28)19(3)33/h4-5,8,17-18,20-22H,6-7,9-16H2,1-3H3,(H,27,34)/p-1. The Kier molecular flexibility index (Phi) is 6.72. The topological polar surface area (TPSA) is 88.6 Å². The summed E-state index contributed by atoms with van der Waals surface area (Å²) in [4.78, 5) is 36.2. The van der Waals surface area contributed by atoms with E-state index in [1.165, 1.54) is 0 Å². The number of carbonyl (C=O) groups is 1. The van der Waals surface area contributed by atoms with Crippen LogP contribution in [0, 0.1) is 0 Å². The molecule has 0 aliphatic carbocycles. The average Bonchev–Trinajstić information content (AvgIpc) is 3.38. The minimum absolute atomic E-state index is 0.0229. The Morgan fingerprint density at radius 1 is 1.11 bits per heavy atom. The predicted molar refractivity (Wildman–Crippen MR) is 134 cm³/mol. The third-order valence-corrected chi connectivity index (χ3v) is 8.09. The number of hydrogen-bond donors (Lipinski definition) is 0.